The second-order valence-corrected chi connectivity index (χ2v) is 5.86. The van der Waals surface area contributed by atoms with Crippen LogP contribution in [0.4, 0.5) is 0 Å². The summed E-state index contributed by atoms with van der Waals surface area (Å²) in [5.74, 6) is 0.0548. The highest BCUT2D eigenvalue weighted by Gasteiger charge is 2.29. The molecule has 1 rings (SSSR count). The highest BCUT2D eigenvalue weighted by atomic mass is 16.3. The number of amides is 2. The summed E-state index contributed by atoms with van der Waals surface area (Å²) in [6.45, 7) is 7.25. The molecule has 1 aliphatic rings. The lowest BCUT2D eigenvalue weighted by atomic mass is 9.85. The molecule has 1 heterocycles. The average molecular weight is 256 g/mol. The first-order valence-corrected chi connectivity index (χ1v) is 6.50. The van der Waals surface area contributed by atoms with Crippen molar-refractivity contribution >= 4 is 11.8 Å². The van der Waals surface area contributed by atoms with Crippen molar-refractivity contribution in [1.29, 1.82) is 0 Å². The van der Waals surface area contributed by atoms with E-state index in [2.05, 4.69) is 5.32 Å². The van der Waals surface area contributed by atoms with Gasteiger partial charge in [-0.3, -0.25) is 9.59 Å². The lowest BCUT2D eigenvalue weighted by Gasteiger charge is -2.26. The van der Waals surface area contributed by atoms with Crippen molar-refractivity contribution in [3.8, 4) is 0 Å². The predicted octanol–water partition coefficient (Wildman–Crippen LogP) is 0.522. The molecular formula is C13H24N2O3. The number of nitrogens with one attached hydrogen (secondary N) is 1. The third-order valence-corrected chi connectivity index (χ3v) is 3.32. The van der Waals surface area contributed by atoms with Gasteiger partial charge in [0.2, 0.25) is 11.8 Å². The van der Waals surface area contributed by atoms with Crippen LogP contribution in [0.3, 0.4) is 0 Å². The Hall–Kier alpha value is -1.10. The van der Waals surface area contributed by atoms with Gasteiger partial charge >= 0.3 is 0 Å². The summed E-state index contributed by atoms with van der Waals surface area (Å²) in [4.78, 5) is 24.5. The maximum absolute atomic E-state index is 12.0. The molecule has 5 nitrogen and oxygen atoms in total. The maximum Gasteiger partial charge on any atom is 0.223 e. The smallest absolute Gasteiger partial charge is 0.223 e. The van der Waals surface area contributed by atoms with Crippen molar-refractivity contribution in [3.05, 3.63) is 0 Å². The molecule has 0 saturated carbocycles. The van der Waals surface area contributed by atoms with Crippen molar-refractivity contribution in [2.24, 2.45) is 5.41 Å². The van der Waals surface area contributed by atoms with Crippen LogP contribution in [0.5, 0.6) is 0 Å². The zero-order valence-electron chi connectivity index (χ0n) is 11.5. The average Bonchev–Trinajstić information content (AvgIpc) is 2.63. The Bertz CT molecular complexity index is 315. The van der Waals surface area contributed by atoms with Crippen molar-refractivity contribution in [2.75, 3.05) is 19.6 Å². The Morgan fingerprint density at radius 2 is 2.11 bits per heavy atom. The third-order valence-electron chi connectivity index (χ3n) is 3.32. The van der Waals surface area contributed by atoms with Crippen LogP contribution >= 0.6 is 0 Å². The fourth-order valence-electron chi connectivity index (χ4n) is 2.15. The van der Waals surface area contributed by atoms with Gasteiger partial charge in [0.05, 0.1) is 6.10 Å². The number of hydrogen-bond acceptors (Lipinski definition) is 3. The summed E-state index contributed by atoms with van der Waals surface area (Å²) in [5, 5.41) is 12.2. The van der Waals surface area contributed by atoms with Crippen LogP contribution in [0.15, 0.2) is 0 Å². The van der Waals surface area contributed by atoms with Gasteiger partial charge in [-0.2, -0.15) is 0 Å². The molecule has 5 heteroatoms. The predicted molar refractivity (Wildman–Crippen MR) is 68.9 cm³/mol. The van der Waals surface area contributed by atoms with E-state index in [1.165, 1.54) is 6.92 Å². The van der Waals surface area contributed by atoms with Crippen molar-refractivity contribution in [2.45, 2.75) is 46.1 Å². The van der Waals surface area contributed by atoms with Gasteiger partial charge in [-0.15, -0.1) is 0 Å². The Labute approximate surface area is 109 Å². The van der Waals surface area contributed by atoms with E-state index >= 15 is 0 Å². The molecular weight excluding hydrogens is 232 g/mol. The van der Waals surface area contributed by atoms with Crippen LogP contribution < -0.4 is 5.32 Å². The van der Waals surface area contributed by atoms with Crippen LogP contribution in [0, 0.1) is 5.41 Å². The second kappa shape index (κ2) is 6.18. The molecule has 1 atom stereocenters. The molecule has 0 radical (unpaired) electrons. The number of aliphatic hydroxyl groups excluding tert-OH is 1. The number of carbonyl (C=O) groups excluding carboxylic acids is 2. The van der Waals surface area contributed by atoms with Gasteiger partial charge < -0.3 is 15.3 Å². The summed E-state index contributed by atoms with van der Waals surface area (Å²) in [7, 11) is 0. The Morgan fingerprint density at radius 1 is 1.44 bits per heavy atom. The first kappa shape index (κ1) is 15.0. The van der Waals surface area contributed by atoms with Gasteiger partial charge in [-0.25, -0.2) is 0 Å². The quantitative estimate of drug-likeness (QED) is 0.753. The van der Waals surface area contributed by atoms with Gasteiger partial charge in [0.15, 0.2) is 0 Å². The number of nitrogens with zero attached hydrogens (tertiary/aromatic N) is 1. The molecule has 1 fully saturated rings. The Morgan fingerprint density at radius 3 is 2.61 bits per heavy atom. The Balaban J connectivity index is 2.34. The molecule has 0 spiro atoms. The molecule has 0 bridgehead atoms. The highest BCUT2D eigenvalue weighted by molar-refractivity contribution is 5.77. The van der Waals surface area contributed by atoms with E-state index in [0.717, 1.165) is 6.42 Å². The van der Waals surface area contributed by atoms with E-state index < -0.39 is 0 Å². The molecule has 1 aliphatic heterocycles. The summed E-state index contributed by atoms with van der Waals surface area (Å²) in [6.07, 6.45) is 1.54. The molecule has 18 heavy (non-hydrogen) atoms. The number of rotatable bonds is 5. The van der Waals surface area contributed by atoms with E-state index in [0.29, 0.717) is 32.5 Å². The molecule has 0 aromatic heterocycles. The van der Waals surface area contributed by atoms with Crippen molar-refractivity contribution in [3.63, 3.8) is 0 Å². The lowest BCUT2D eigenvalue weighted by molar-refractivity contribution is -0.132. The summed E-state index contributed by atoms with van der Waals surface area (Å²) < 4.78 is 0. The van der Waals surface area contributed by atoms with Crippen LogP contribution in [-0.2, 0) is 9.59 Å². The number of aliphatic hydroxyl groups is 1. The number of hydrogen-bond donors (Lipinski definition) is 2. The second-order valence-electron chi connectivity index (χ2n) is 5.86. The third kappa shape index (κ3) is 5.04. The standard InChI is InChI=1S/C13H24N2O3/c1-10(16)14-6-5-13(2,3)8-12(18)15-7-4-11(17)9-15/h11,17H,4-9H2,1-3H3,(H,14,16). The van der Waals surface area contributed by atoms with Crippen molar-refractivity contribution in [1.82, 2.24) is 10.2 Å². The monoisotopic (exact) mass is 256 g/mol. The first-order chi connectivity index (χ1) is 8.30. The molecule has 2 N–H and O–H groups in total. The van der Waals surface area contributed by atoms with E-state index in [9.17, 15) is 14.7 Å². The molecule has 0 aliphatic carbocycles. The molecule has 104 valence electrons. The minimum absolute atomic E-state index is 0.0419. The largest absolute Gasteiger partial charge is 0.391 e. The van der Waals surface area contributed by atoms with Crippen LogP contribution in [0.25, 0.3) is 0 Å². The molecule has 0 aromatic rings. The molecule has 1 saturated heterocycles. The zero-order chi connectivity index (χ0) is 13.8. The van der Waals surface area contributed by atoms with Gasteiger partial charge in [-0.05, 0) is 18.3 Å². The fraction of sp³-hybridized carbons (Fsp3) is 0.846. The van der Waals surface area contributed by atoms with Crippen molar-refractivity contribution < 1.29 is 14.7 Å². The molecule has 1 unspecified atom stereocenters. The number of likely N-dealkylation sites (tertiary alicyclic amines) is 1. The summed E-state index contributed by atoms with van der Waals surface area (Å²) in [5.41, 5.74) is -0.132. The number of β-amino-alcohol motifs (C(OH)–C–C–N with tert-alkyl or cyclic N) is 1. The summed E-state index contributed by atoms with van der Waals surface area (Å²) in [6, 6.07) is 0. The van der Waals surface area contributed by atoms with Crippen LogP contribution in [0.2, 0.25) is 0 Å². The maximum atomic E-state index is 12.0. The molecule has 0 aromatic carbocycles. The van der Waals surface area contributed by atoms with Gasteiger partial charge in [0.1, 0.15) is 0 Å². The van der Waals surface area contributed by atoms with Crippen LogP contribution in [0.1, 0.15) is 40.0 Å². The SMILES string of the molecule is CC(=O)NCCC(C)(C)CC(=O)N1CCC(O)C1. The fourth-order valence-corrected chi connectivity index (χ4v) is 2.15. The van der Waals surface area contributed by atoms with Gasteiger partial charge in [-0.1, -0.05) is 13.8 Å². The molecule has 2 amide bonds. The zero-order valence-corrected chi connectivity index (χ0v) is 11.5. The minimum Gasteiger partial charge on any atom is -0.391 e. The normalized spacial score (nSPS) is 20.0. The topological polar surface area (TPSA) is 69.6 Å². The van der Waals surface area contributed by atoms with Gasteiger partial charge in [0, 0.05) is 33.0 Å². The number of carbonyl (C=O) groups is 2. The van der Waals surface area contributed by atoms with E-state index in [1.807, 2.05) is 13.8 Å². The minimum atomic E-state index is -0.364. The Kier molecular flexibility index (Phi) is 5.14. The lowest BCUT2D eigenvalue weighted by Crippen LogP contribution is -2.34. The van der Waals surface area contributed by atoms with E-state index in [4.69, 9.17) is 0 Å². The highest BCUT2D eigenvalue weighted by Crippen LogP contribution is 2.26. The summed E-state index contributed by atoms with van der Waals surface area (Å²) >= 11 is 0. The van der Waals surface area contributed by atoms with Gasteiger partial charge in [0.25, 0.3) is 0 Å². The van der Waals surface area contributed by atoms with E-state index in [-0.39, 0.29) is 23.3 Å². The first-order valence-electron chi connectivity index (χ1n) is 6.50. The van der Waals surface area contributed by atoms with Crippen LogP contribution in [-0.4, -0.2) is 47.6 Å². The van der Waals surface area contributed by atoms with E-state index in [1.54, 1.807) is 4.90 Å².